The third-order valence-electron chi connectivity index (χ3n) is 3.32. The van der Waals surface area contributed by atoms with E-state index in [2.05, 4.69) is 20.9 Å². The molecule has 0 fully saturated rings. The van der Waals surface area contributed by atoms with Crippen LogP contribution in [-0.2, 0) is 0 Å². The van der Waals surface area contributed by atoms with Gasteiger partial charge in [0.2, 0.25) is 0 Å². The molecule has 0 bridgehead atoms. The monoisotopic (exact) mass is 347 g/mol. The van der Waals surface area contributed by atoms with Crippen molar-refractivity contribution in [3.63, 3.8) is 0 Å². The van der Waals surface area contributed by atoms with Gasteiger partial charge in [-0.15, -0.1) is 0 Å². The Morgan fingerprint density at radius 2 is 2.05 bits per heavy atom. The minimum absolute atomic E-state index is 0.235. The predicted molar refractivity (Wildman–Crippen MR) is 82.4 cm³/mol. The Bertz CT molecular complexity index is 841. The molecule has 5 heteroatoms. The summed E-state index contributed by atoms with van der Waals surface area (Å²) in [5, 5.41) is 0.752. The van der Waals surface area contributed by atoms with E-state index < -0.39 is 5.82 Å². The first-order valence-corrected chi connectivity index (χ1v) is 7.04. The van der Waals surface area contributed by atoms with Crippen LogP contribution in [0.25, 0.3) is 10.9 Å². The summed E-state index contributed by atoms with van der Waals surface area (Å²) in [6.07, 6.45) is 1.63. The highest BCUT2D eigenvalue weighted by molar-refractivity contribution is 9.10. The molecular formula is C16H11BrFNO2. The van der Waals surface area contributed by atoms with Gasteiger partial charge in [-0.25, -0.2) is 4.39 Å². The topological polar surface area (TPSA) is 42.1 Å². The molecular weight excluding hydrogens is 337 g/mol. The van der Waals surface area contributed by atoms with E-state index in [0.717, 1.165) is 10.9 Å². The number of hydrogen-bond acceptors (Lipinski definition) is 2. The number of hydrogen-bond donors (Lipinski definition) is 1. The molecule has 0 radical (unpaired) electrons. The van der Waals surface area contributed by atoms with Gasteiger partial charge in [-0.2, -0.15) is 0 Å². The van der Waals surface area contributed by atoms with Gasteiger partial charge in [-0.1, -0.05) is 0 Å². The Hall–Kier alpha value is -2.14. The highest BCUT2D eigenvalue weighted by Crippen LogP contribution is 2.26. The van der Waals surface area contributed by atoms with Gasteiger partial charge in [-0.05, 0) is 52.3 Å². The fraction of sp³-hybridized carbons (Fsp3) is 0.0625. The van der Waals surface area contributed by atoms with Gasteiger partial charge < -0.3 is 9.72 Å². The highest BCUT2D eigenvalue weighted by Gasteiger charge is 2.16. The average molecular weight is 348 g/mol. The molecule has 1 aromatic heterocycles. The van der Waals surface area contributed by atoms with Gasteiger partial charge in [0, 0.05) is 28.2 Å². The van der Waals surface area contributed by atoms with Gasteiger partial charge in [0.05, 0.1) is 11.6 Å². The lowest BCUT2D eigenvalue weighted by atomic mass is 10.0. The number of carbonyl (C=O) groups is 1. The van der Waals surface area contributed by atoms with E-state index in [1.807, 2.05) is 12.1 Å². The largest absolute Gasteiger partial charge is 0.497 e. The summed E-state index contributed by atoms with van der Waals surface area (Å²) >= 11 is 3.08. The van der Waals surface area contributed by atoms with Crippen LogP contribution in [0.2, 0.25) is 0 Å². The van der Waals surface area contributed by atoms with Gasteiger partial charge in [-0.3, -0.25) is 4.79 Å². The van der Waals surface area contributed by atoms with Crippen molar-refractivity contribution in [3.05, 3.63) is 64.0 Å². The Morgan fingerprint density at radius 3 is 2.76 bits per heavy atom. The number of halogens is 2. The number of aromatic amines is 1. The standard InChI is InChI=1S/C16H11BrFNO2/c1-21-10-3-5-15-11(7-10)12(8-19-15)16(20)9-2-4-13(17)14(18)6-9/h2-8,19H,1H3. The zero-order chi connectivity index (χ0) is 15.0. The minimum Gasteiger partial charge on any atom is -0.497 e. The zero-order valence-electron chi connectivity index (χ0n) is 11.1. The van der Waals surface area contributed by atoms with E-state index in [1.165, 1.54) is 12.1 Å². The Morgan fingerprint density at radius 1 is 1.24 bits per heavy atom. The Balaban J connectivity index is 2.10. The van der Waals surface area contributed by atoms with Crippen molar-refractivity contribution < 1.29 is 13.9 Å². The normalized spacial score (nSPS) is 10.8. The first kappa shape index (κ1) is 13.8. The van der Waals surface area contributed by atoms with Gasteiger partial charge in [0.1, 0.15) is 11.6 Å². The molecule has 21 heavy (non-hydrogen) atoms. The number of rotatable bonds is 3. The maximum atomic E-state index is 13.6. The second-order valence-corrected chi connectivity index (χ2v) is 5.43. The van der Waals surface area contributed by atoms with E-state index in [0.29, 0.717) is 21.3 Å². The second kappa shape index (κ2) is 5.33. The lowest BCUT2D eigenvalue weighted by molar-refractivity contribution is 0.104. The van der Waals surface area contributed by atoms with Crippen LogP contribution >= 0.6 is 15.9 Å². The quantitative estimate of drug-likeness (QED) is 0.717. The number of methoxy groups -OCH3 is 1. The van der Waals surface area contributed by atoms with Crippen molar-refractivity contribution in [2.24, 2.45) is 0 Å². The predicted octanol–water partition coefficient (Wildman–Crippen LogP) is 4.31. The number of aromatic nitrogens is 1. The van der Waals surface area contributed by atoms with Crippen LogP contribution in [-0.4, -0.2) is 17.9 Å². The van der Waals surface area contributed by atoms with Crippen LogP contribution in [0.15, 0.2) is 47.1 Å². The molecule has 0 aliphatic rings. The van der Waals surface area contributed by atoms with Crippen LogP contribution in [0.5, 0.6) is 5.75 Å². The van der Waals surface area contributed by atoms with Crippen LogP contribution in [0.4, 0.5) is 4.39 Å². The molecule has 0 spiro atoms. The number of ketones is 1. The SMILES string of the molecule is COc1ccc2[nH]cc(C(=O)c3ccc(Br)c(F)c3)c2c1. The molecule has 2 aromatic carbocycles. The number of nitrogens with one attached hydrogen (secondary N) is 1. The lowest BCUT2D eigenvalue weighted by Gasteiger charge is -2.03. The van der Waals surface area contributed by atoms with E-state index in [9.17, 15) is 9.18 Å². The summed E-state index contributed by atoms with van der Waals surface area (Å²) in [5.41, 5.74) is 1.63. The third-order valence-corrected chi connectivity index (χ3v) is 3.96. The maximum absolute atomic E-state index is 13.6. The molecule has 1 N–H and O–H groups in total. The smallest absolute Gasteiger partial charge is 0.195 e. The van der Waals surface area contributed by atoms with Crippen molar-refractivity contribution in [2.45, 2.75) is 0 Å². The van der Waals surface area contributed by atoms with Crippen molar-refractivity contribution >= 4 is 32.6 Å². The number of fused-ring (bicyclic) bond motifs is 1. The molecule has 3 nitrogen and oxygen atoms in total. The number of ether oxygens (including phenoxy) is 1. The first-order valence-electron chi connectivity index (χ1n) is 6.25. The van der Waals surface area contributed by atoms with Crippen molar-refractivity contribution in [3.8, 4) is 5.75 Å². The van der Waals surface area contributed by atoms with Crippen LogP contribution < -0.4 is 4.74 Å². The summed E-state index contributed by atoms with van der Waals surface area (Å²) in [6, 6.07) is 9.78. The molecule has 106 valence electrons. The fourth-order valence-electron chi connectivity index (χ4n) is 2.21. The van der Waals surface area contributed by atoms with Crippen molar-refractivity contribution in [1.29, 1.82) is 0 Å². The summed E-state index contributed by atoms with van der Waals surface area (Å²) < 4.78 is 19.1. The highest BCUT2D eigenvalue weighted by atomic mass is 79.9. The molecule has 0 aliphatic carbocycles. The molecule has 0 atom stereocenters. The molecule has 0 aliphatic heterocycles. The molecule has 0 unspecified atom stereocenters. The third kappa shape index (κ3) is 2.45. The summed E-state index contributed by atoms with van der Waals surface area (Å²) in [5.74, 6) is -0.0303. The molecule has 1 heterocycles. The van der Waals surface area contributed by atoms with Gasteiger partial charge >= 0.3 is 0 Å². The van der Waals surface area contributed by atoms with E-state index in [4.69, 9.17) is 4.74 Å². The molecule has 0 saturated heterocycles. The van der Waals surface area contributed by atoms with Crippen molar-refractivity contribution in [2.75, 3.05) is 7.11 Å². The second-order valence-electron chi connectivity index (χ2n) is 4.57. The maximum Gasteiger partial charge on any atom is 0.195 e. The fourth-order valence-corrected chi connectivity index (χ4v) is 2.45. The molecule has 3 aromatic rings. The number of benzene rings is 2. The molecule has 0 saturated carbocycles. The van der Waals surface area contributed by atoms with E-state index >= 15 is 0 Å². The number of H-pyrrole nitrogens is 1. The van der Waals surface area contributed by atoms with Gasteiger partial charge in [0.15, 0.2) is 5.78 Å². The lowest BCUT2D eigenvalue weighted by Crippen LogP contribution is -2.01. The van der Waals surface area contributed by atoms with Crippen molar-refractivity contribution in [1.82, 2.24) is 4.98 Å². The van der Waals surface area contributed by atoms with Crippen LogP contribution in [0.1, 0.15) is 15.9 Å². The molecule has 3 rings (SSSR count). The Labute approximate surface area is 128 Å². The van der Waals surface area contributed by atoms with Gasteiger partial charge in [0.25, 0.3) is 0 Å². The molecule has 0 amide bonds. The number of carbonyl (C=O) groups excluding carboxylic acids is 1. The summed E-state index contributed by atoms with van der Waals surface area (Å²) in [7, 11) is 1.57. The van der Waals surface area contributed by atoms with Crippen LogP contribution in [0.3, 0.4) is 0 Å². The average Bonchev–Trinajstić information content (AvgIpc) is 2.92. The van der Waals surface area contributed by atoms with Crippen LogP contribution in [0, 0.1) is 5.82 Å². The zero-order valence-corrected chi connectivity index (χ0v) is 12.7. The van der Waals surface area contributed by atoms with E-state index in [1.54, 1.807) is 25.4 Å². The first-order chi connectivity index (χ1) is 10.1. The van der Waals surface area contributed by atoms with E-state index in [-0.39, 0.29) is 5.78 Å². The Kier molecular flexibility index (Phi) is 3.51. The summed E-state index contributed by atoms with van der Waals surface area (Å²) in [4.78, 5) is 15.6. The summed E-state index contributed by atoms with van der Waals surface area (Å²) in [6.45, 7) is 0. The minimum atomic E-state index is -0.460.